The van der Waals surface area contributed by atoms with Crippen LogP contribution in [0.2, 0.25) is 5.02 Å². The largest absolute Gasteiger partial charge is 0.469 e. The first-order valence-electron chi connectivity index (χ1n) is 6.42. The summed E-state index contributed by atoms with van der Waals surface area (Å²) in [5, 5.41) is 0.494. The van der Waals surface area contributed by atoms with Gasteiger partial charge in [0.15, 0.2) is 5.92 Å². The van der Waals surface area contributed by atoms with E-state index in [1.54, 1.807) is 24.3 Å². The SMILES string of the molecule is COC(=O)CC(c1ccc(Cl)cc1)C(C(=O)OC)C(=O)OC. The molecule has 1 aromatic rings. The zero-order valence-corrected chi connectivity index (χ0v) is 13.3. The molecule has 0 heterocycles. The number of rotatable bonds is 6. The first-order valence-corrected chi connectivity index (χ1v) is 6.80. The van der Waals surface area contributed by atoms with Gasteiger partial charge in [0.2, 0.25) is 0 Å². The second-order valence-electron chi connectivity index (χ2n) is 4.46. The summed E-state index contributed by atoms with van der Waals surface area (Å²) in [6, 6.07) is 6.48. The molecule has 6 nitrogen and oxygen atoms in total. The third kappa shape index (κ3) is 4.46. The maximum absolute atomic E-state index is 12.0. The molecule has 0 aliphatic heterocycles. The van der Waals surface area contributed by atoms with Crippen molar-refractivity contribution in [3.8, 4) is 0 Å². The Labute approximate surface area is 133 Å². The Hall–Kier alpha value is -2.08. The highest BCUT2D eigenvalue weighted by Gasteiger charge is 2.39. The molecular formula is C15H17ClO6. The molecule has 0 saturated carbocycles. The van der Waals surface area contributed by atoms with Gasteiger partial charge in [-0.2, -0.15) is 0 Å². The van der Waals surface area contributed by atoms with Gasteiger partial charge in [-0.15, -0.1) is 0 Å². The van der Waals surface area contributed by atoms with Crippen LogP contribution in [0.1, 0.15) is 17.9 Å². The Bertz CT molecular complexity index is 523. The van der Waals surface area contributed by atoms with E-state index in [2.05, 4.69) is 14.2 Å². The van der Waals surface area contributed by atoms with E-state index in [-0.39, 0.29) is 6.42 Å². The predicted molar refractivity (Wildman–Crippen MR) is 78.3 cm³/mol. The minimum Gasteiger partial charge on any atom is -0.469 e. The fourth-order valence-electron chi connectivity index (χ4n) is 2.08. The smallest absolute Gasteiger partial charge is 0.320 e. The van der Waals surface area contributed by atoms with E-state index in [1.165, 1.54) is 7.11 Å². The number of methoxy groups -OCH3 is 3. The van der Waals surface area contributed by atoms with Crippen molar-refractivity contribution >= 4 is 29.5 Å². The molecule has 1 unspecified atom stereocenters. The van der Waals surface area contributed by atoms with Gasteiger partial charge in [-0.25, -0.2) is 0 Å². The minimum absolute atomic E-state index is 0.174. The topological polar surface area (TPSA) is 78.9 Å². The van der Waals surface area contributed by atoms with Crippen LogP contribution in [0.15, 0.2) is 24.3 Å². The van der Waals surface area contributed by atoms with Crippen LogP contribution >= 0.6 is 11.6 Å². The number of halogens is 1. The van der Waals surface area contributed by atoms with Gasteiger partial charge < -0.3 is 14.2 Å². The van der Waals surface area contributed by atoms with Crippen LogP contribution in [0.4, 0.5) is 0 Å². The number of hydrogen-bond donors (Lipinski definition) is 0. The van der Waals surface area contributed by atoms with Crippen molar-refractivity contribution in [3.05, 3.63) is 34.9 Å². The van der Waals surface area contributed by atoms with Crippen molar-refractivity contribution in [3.63, 3.8) is 0 Å². The molecule has 0 aromatic heterocycles. The van der Waals surface area contributed by atoms with Crippen molar-refractivity contribution in [1.82, 2.24) is 0 Å². The summed E-state index contributed by atoms with van der Waals surface area (Å²) in [4.78, 5) is 35.6. The molecule has 0 amide bonds. The Balaban J connectivity index is 3.26. The second-order valence-corrected chi connectivity index (χ2v) is 4.90. The molecule has 0 bridgehead atoms. The lowest BCUT2D eigenvalue weighted by Gasteiger charge is -2.23. The molecule has 0 radical (unpaired) electrons. The van der Waals surface area contributed by atoms with E-state index >= 15 is 0 Å². The number of ether oxygens (including phenoxy) is 3. The average molecular weight is 329 g/mol. The second kappa shape index (κ2) is 8.38. The van der Waals surface area contributed by atoms with Crippen LogP contribution in [-0.4, -0.2) is 39.2 Å². The summed E-state index contributed by atoms with van der Waals surface area (Å²) in [5.74, 6) is -4.16. The molecule has 120 valence electrons. The van der Waals surface area contributed by atoms with Crippen LogP contribution < -0.4 is 0 Å². The highest BCUT2D eigenvalue weighted by Crippen LogP contribution is 2.31. The standard InChI is InChI=1S/C15H17ClO6/c1-20-12(17)8-11(9-4-6-10(16)7-5-9)13(14(18)21-2)15(19)22-3/h4-7,11,13H,8H2,1-3H3. The number of esters is 3. The van der Waals surface area contributed by atoms with Crippen LogP contribution in [0.5, 0.6) is 0 Å². The van der Waals surface area contributed by atoms with E-state index in [0.717, 1.165) is 14.2 Å². The Morgan fingerprint density at radius 2 is 1.45 bits per heavy atom. The third-order valence-electron chi connectivity index (χ3n) is 3.23. The van der Waals surface area contributed by atoms with Crippen molar-refractivity contribution in [2.45, 2.75) is 12.3 Å². The summed E-state index contributed by atoms with van der Waals surface area (Å²) in [7, 11) is 3.55. The molecule has 7 heteroatoms. The third-order valence-corrected chi connectivity index (χ3v) is 3.48. The average Bonchev–Trinajstić information content (AvgIpc) is 2.54. The predicted octanol–water partition coefficient (Wildman–Crippen LogP) is 1.95. The van der Waals surface area contributed by atoms with Crippen molar-refractivity contribution in [2.75, 3.05) is 21.3 Å². The molecule has 0 spiro atoms. The number of hydrogen-bond acceptors (Lipinski definition) is 6. The minimum atomic E-state index is -1.27. The monoisotopic (exact) mass is 328 g/mol. The molecule has 1 atom stereocenters. The van der Waals surface area contributed by atoms with E-state index in [1.807, 2.05) is 0 Å². The van der Waals surface area contributed by atoms with Crippen LogP contribution in [-0.2, 0) is 28.6 Å². The molecular weight excluding hydrogens is 312 g/mol. The first-order chi connectivity index (χ1) is 10.4. The molecule has 22 heavy (non-hydrogen) atoms. The van der Waals surface area contributed by atoms with Crippen LogP contribution in [0.25, 0.3) is 0 Å². The van der Waals surface area contributed by atoms with Gasteiger partial charge in [-0.1, -0.05) is 23.7 Å². The van der Waals surface area contributed by atoms with E-state index < -0.39 is 29.7 Å². The fraction of sp³-hybridized carbons (Fsp3) is 0.400. The summed E-state index contributed by atoms with van der Waals surface area (Å²) < 4.78 is 14.0. The molecule has 0 aliphatic rings. The first kappa shape index (κ1) is 18.0. The maximum atomic E-state index is 12.0. The quantitative estimate of drug-likeness (QED) is 0.451. The van der Waals surface area contributed by atoms with Gasteiger partial charge in [0.25, 0.3) is 0 Å². The number of carbonyl (C=O) groups is 3. The number of benzene rings is 1. The summed E-state index contributed by atoms with van der Waals surface area (Å²) in [5.41, 5.74) is 0.579. The molecule has 1 aromatic carbocycles. The zero-order chi connectivity index (χ0) is 16.7. The highest BCUT2D eigenvalue weighted by molar-refractivity contribution is 6.30. The van der Waals surface area contributed by atoms with E-state index in [4.69, 9.17) is 11.6 Å². The molecule has 0 N–H and O–H groups in total. The Kier molecular flexibility index (Phi) is 6.85. The fourth-order valence-corrected chi connectivity index (χ4v) is 2.21. The van der Waals surface area contributed by atoms with Crippen LogP contribution in [0, 0.1) is 5.92 Å². The summed E-state index contributed by atoms with van der Waals surface area (Å²) >= 11 is 5.83. The van der Waals surface area contributed by atoms with Gasteiger partial charge in [0, 0.05) is 10.9 Å². The number of carbonyl (C=O) groups excluding carboxylic acids is 3. The van der Waals surface area contributed by atoms with Crippen molar-refractivity contribution in [2.24, 2.45) is 5.92 Å². The lowest BCUT2D eigenvalue weighted by atomic mass is 9.83. The van der Waals surface area contributed by atoms with Crippen molar-refractivity contribution < 1.29 is 28.6 Å². The maximum Gasteiger partial charge on any atom is 0.320 e. The van der Waals surface area contributed by atoms with Crippen molar-refractivity contribution in [1.29, 1.82) is 0 Å². The van der Waals surface area contributed by atoms with Crippen LogP contribution in [0.3, 0.4) is 0 Å². The van der Waals surface area contributed by atoms with Gasteiger partial charge in [0.05, 0.1) is 27.8 Å². The lowest BCUT2D eigenvalue weighted by molar-refractivity contribution is -0.160. The summed E-state index contributed by atoms with van der Waals surface area (Å²) in [6.45, 7) is 0. The zero-order valence-electron chi connectivity index (χ0n) is 12.5. The van der Waals surface area contributed by atoms with Gasteiger partial charge in [-0.3, -0.25) is 14.4 Å². The Morgan fingerprint density at radius 1 is 0.955 bits per heavy atom. The molecule has 0 aliphatic carbocycles. The normalized spacial score (nSPS) is 11.7. The van der Waals surface area contributed by atoms with Gasteiger partial charge >= 0.3 is 17.9 Å². The highest BCUT2D eigenvalue weighted by atomic mass is 35.5. The van der Waals surface area contributed by atoms with Gasteiger partial charge in [0.1, 0.15) is 0 Å². The lowest BCUT2D eigenvalue weighted by Crippen LogP contribution is -2.33. The molecule has 0 fully saturated rings. The van der Waals surface area contributed by atoms with E-state index in [0.29, 0.717) is 10.6 Å². The van der Waals surface area contributed by atoms with Gasteiger partial charge in [-0.05, 0) is 17.7 Å². The molecule has 1 rings (SSSR count). The Morgan fingerprint density at radius 3 is 1.86 bits per heavy atom. The molecule has 0 saturated heterocycles. The summed E-state index contributed by atoms with van der Waals surface area (Å²) in [6.07, 6.45) is -0.174. The van der Waals surface area contributed by atoms with E-state index in [9.17, 15) is 14.4 Å².